The molecule has 1 heterocycles. The van der Waals surface area contributed by atoms with Crippen LogP contribution in [0.2, 0.25) is 5.02 Å². The quantitative estimate of drug-likeness (QED) is 0.505. The summed E-state index contributed by atoms with van der Waals surface area (Å²) in [5.74, 6) is -0.103. The number of nitrogens with zero attached hydrogens (tertiary/aromatic N) is 3. The Kier molecular flexibility index (Phi) is 8.24. The summed E-state index contributed by atoms with van der Waals surface area (Å²) in [4.78, 5) is 21.4. The Morgan fingerprint density at radius 1 is 1.10 bits per heavy atom. The van der Waals surface area contributed by atoms with Crippen molar-refractivity contribution in [2.24, 2.45) is 0 Å². The van der Waals surface area contributed by atoms with Crippen molar-refractivity contribution in [3.8, 4) is 0 Å². The number of benzene rings is 2. The van der Waals surface area contributed by atoms with Gasteiger partial charge in [0.05, 0.1) is 16.0 Å². The third-order valence-electron chi connectivity index (χ3n) is 4.34. The van der Waals surface area contributed by atoms with E-state index in [0.717, 1.165) is 16.5 Å². The van der Waals surface area contributed by atoms with Crippen molar-refractivity contribution in [2.75, 3.05) is 38.3 Å². The van der Waals surface area contributed by atoms with Gasteiger partial charge in [-0.1, -0.05) is 41.1 Å². The zero-order valence-electron chi connectivity index (χ0n) is 16.8. The van der Waals surface area contributed by atoms with E-state index in [9.17, 15) is 13.2 Å². The maximum absolute atomic E-state index is 13.1. The molecule has 3 rings (SSSR count). The first kappa shape index (κ1) is 24.6. The van der Waals surface area contributed by atoms with E-state index in [2.05, 4.69) is 4.98 Å². The molecule has 0 bridgehead atoms. The zero-order chi connectivity index (χ0) is 21.2. The van der Waals surface area contributed by atoms with Gasteiger partial charge in [0.15, 0.2) is 15.0 Å². The molecule has 0 aliphatic rings. The Labute approximate surface area is 191 Å². The molecule has 1 aromatic heterocycles. The fourth-order valence-corrected chi connectivity index (χ4v) is 4.88. The average Bonchev–Trinajstić information content (AvgIpc) is 3.06. The summed E-state index contributed by atoms with van der Waals surface area (Å²) in [6, 6.07) is 12.2. The molecule has 0 radical (unpaired) electrons. The van der Waals surface area contributed by atoms with Crippen LogP contribution in [0.25, 0.3) is 10.2 Å². The van der Waals surface area contributed by atoms with E-state index < -0.39 is 9.84 Å². The Morgan fingerprint density at radius 3 is 2.37 bits per heavy atom. The van der Waals surface area contributed by atoms with Crippen LogP contribution in [0.3, 0.4) is 0 Å². The number of amides is 1. The normalized spacial score (nSPS) is 11.5. The average molecular weight is 488 g/mol. The van der Waals surface area contributed by atoms with E-state index in [-0.39, 0.29) is 29.6 Å². The Bertz CT molecular complexity index is 1130. The van der Waals surface area contributed by atoms with E-state index >= 15 is 0 Å². The van der Waals surface area contributed by atoms with Gasteiger partial charge in [0.2, 0.25) is 5.91 Å². The molecule has 3 aromatic rings. The third kappa shape index (κ3) is 5.92. The van der Waals surface area contributed by atoms with Gasteiger partial charge < -0.3 is 4.90 Å². The number of halogens is 2. The van der Waals surface area contributed by atoms with Gasteiger partial charge in [-0.15, -0.1) is 12.4 Å². The van der Waals surface area contributed by atoms with Crippen LogP contribution in [0, 0.1) is 0 Å². The van der Waals surface area contributed by atoms with Crippen molar-refractivity contribution in [1.82, 2.24) is 9.88 Å². The number of carbonyl (C=O) groups is 1. The highest BCUT2D eigenvalue weighted by Crippen LogP contribution is 2.33. The molecule has 6 nitrogen and oxygen atoms in total. The van der Waals surface area contributed by atoms with Crippen LogP contribution in [0.1, 0.15) is 5.56 Å². The molecule has 0 fully saturated rings. The van der Waals surface area contributed by atoms with Crippen LogP contribution in [0.15, 0.2) is 47.4 Å². The molecule has 0 N–H and O–H groups in total. The van der Waals surface area contributed by atoms with Crippen LogP contribution in [-0.4, -0.2) is 57.6 Å². The number of rotatable bonds is 7. The molecule has 0 saturated carbocycles. The molecule has 0 spiro atoms. The molecule has 0 aliphatic heterocycles. The van der Waals surface area contributed by atoms with Crippen molar-refractivity contribution in [2.45, 2.75) is 11.3 Å². The lowest BCUT2D eigenvalue weighted by Crippen LogP contribution is -2.37. The molecule has 2 aromatic carbocycles. The second kappa shape index (κ2) is 10.1. The zero-order valence-corrected chi connectivity index (χ0v) is 20.0. The lowest BCUT2D eigenvalue weighted by molar-refractivity contribution is -0.118. The lowest BCUT2D eigenvalue weighted by atomic mass is 10.1. The number of carbonyl (C=O) groups excluding carboxylic acids is 1. The predicted molar refractivity (Wildman–Crippen MR) is 126 cm³/mol. The van der Waals surface area contributed by atoms with Gasteiger partial charge in [0.25, 0.3) is 0 Å². The van der Waals surface area contributed by atoms with Crippen molar-refractivity contribution < 1.29 is 13.2 Å². The first-order chi connectivity index (χ1) is 13.6. The molecule has 0 atom stereocenters. The van der Waals surface area contributed by atoms with Gasteiger partial charge in [-0.2, -0.15) is 0 Å². The number of hydrogen-bond acceptors (Lipinski definition) is 6. The summed E-state index contributed by atoms with van der Waals surface area (Å²) < 4.78 is 25.0. The van der Waals surface area contributed by atoms with Crippen LogP contribution in [0.4, 0.5) is 5.13 Å². The molecule has 30 heavy (non-hydrogen) atoms. The first-order valence-corrected chi connectivity index (χ1v) is 12.0. The SMILES string of the molecule is CN(C)CCN(C(=O)Cc1ccc(Cl)cc1)c1nc2c(S(C)(=O)=O)cccc2s1.Cl. The van der Waals surface area contributed by atoms with E-state index in [1.165, 1.54) is 11.3 Å². The molecule has 10 heteroatoms. The highest BCUT2D eigenvalue weighted by atomic mass is 35.5. The molecular weight excluding hydrogens is 465 g/mol. The monoisotopic (exact) mass is 487 g/mol. The molecule has 0 saturated heterocycles. The summed E-state index contributed by atoms with van der Waals surface area (Å²) in [5.41, 5.74) is 1.26. The van der Waals surface area contributed by atoms with E-state index in [1.807, 2.05) is 37.2 Å². The number of aromatic nitrogens is 1. The maximum atomic E-state index is 13.1. The maximum Gasteiger partial charge on any atom is 0.233 e. The first-order valence-electron chi connectivity index (χ1n) is 8.94. The summed E-state index contributed by atoms with van der Waals surface area (Å²) in [5, 5.41) is 1.11. The Morgan fingerprint density at radius 2 is 1.77 bits per heavy atom. The number of hydrogen-bond donors (Lipinski definition) is 0. The minimum absolute atomic E-state index is 0. The van der Waals surface area contributed by atoms with Gasteiger partial charge >= 0.3 is 0 Å². The predicted octanol–water partition coefficient (Wildman–Crippen LogP) is 3.91. The fourth-order valence-electron chi connectivity index (χ4n) is 2.83. The highest BCUT2D eigenvalue weighted by Gasteiger charge is 2.22. The van der Waals surface area contributed by atoms with E-state index in [0.29, 0.717) is 28.8 Å². The second-order valence-corrected chi connectivity index (χ2v) is 10.5. The fraction of sp³-hybridized carbons (Fsp3) is 0.300. The number of likely N-dealkylation sites (N-methyl/N-ethyl adjacent to an activating group) is 1. The van der Waals surface area contributed by atoms with Crippen molar-refractivity contribution in [1.29, 1.82) is 0 Å². The smallest absolute Gasteiger partial charge is 0.233 e. The minimum atomic E-state index is -3.42. The molecular formula is C20H23Cl2N3O3S2. The summed E-state index contributed by atoms with van der Waals surface area (Å²) in [6.07, 6.45) is 1.37. The topological polar surface area (TPSA) is 70.6 Å². The van der Waals surface area contributed by atoms with Gasteiger partial charge in [-0.05, 0) is 43.9 Å². The molecule has 162 valence electrons. The number of thiazole rings is 1. The van der Waals surface area contributed by atoms with E-state index in [4.69, 9.17) is 11.6 Å². The Balaban J connectivity index is 0.00000320. The number of sulfone groups is 1. The van der Waals surface area contributed by atoms with Crippen molar-refractivity contribution >= 4 is 66.4 Å². The van der Waals surface area contributed by atoms with Gasteiger partial charge in [-0.3, -0.25) is 9.69 Å². The van der Waals surface area contributed by atoms with Crippen LogP contribution < -0.4 is 4.90 Å². The molecule has 1 amide bonds. The van der Waals surface area contributed by atoms with Gasteiger partial charge in [-0.25, -0.2) is 13.4 Å². The largest absolute Gasteiger partial charge is 0.308 e. The molecule has 0 aliphatic carbocycles. The minimum Gasteiger partial charge on any atom is -0.308 e. The van der Waals surface area contributed by atoms with Crippen molar-refractivity contribution in [3.63, 3.8) is 0 Å². The highest BCUT2D eigenvalue weighted by molar-refractivity contribution is 7.91. The van der Waals surface area contributed by atoms with Crippen LogP contribution >= 0.6 is 35.3 Å². The Hall–Kier alpha value is -1.71. The molecule has 0 unspecified atom stereocenters. The van der Waals surface area contributed by atoms with Crippen molar-refractivity contribution in [3.05, 3.63) is 53.1 Å². The number of anilines is 1. The van der Waals surface area contributed by atoms with E-state index in [1.54, 1.807) is 29.2 Å². The van der Waals surface area contributed by atoms with Gasteiger partial charge in [0, 0.05) is 24.4 Å². The standard InChI is InChI=1S/C20H22ClN3O3S2.ClH/c1-23(2)11-12-24(18(25)13-14-7-9-15(21)10-8-14)20-22-19-16(28-20)5-4-6-17(19)29(3,26)27;/h4-10H,11-13H2,1-3H3;1H. The second-order valence-electron chi connectivity index (χ2n) is 7.02. The summed E-state index contributed by atoms with van der Waals surface area (Å²) in [7, 11) is 0.445. The van der Waals surface area contributed by atoms with Crippen LogP contribution in [0.5, 0.6) is 0 Å². The third-order valence-corrected chi connectivity index (χ3v) is 6.77. The summed E-state index contributed by atoms with van der Waals surface area (Å²) in [6.45, 7) is 1.11. The number of para-hydroxylation sites is 1. The number of fused-ring (bicyclic) bond motifs is 1. The summed E-state index contributed by atoms with van der Waals surface area (Å²) >= 11 is 7.25. The van der Waals surface area contributed by atoms with Gasteiger partial charge in [0.1, 0.15) is 5.52 Å². The lowest BCUT2D eigenvalue weighted by Gasteiger charge is -2.22. The van der Waals surface area contributed by atoms with Crippen LogP contribution in [-0.2, 0) is 21.1 Å².